The quantitative estimate of drug-likeness (QED) is 0.855. The summed E-state index contributed by atoms with van der Waals surface area (Å²) in [5.41, 5.74) is 7.54. The topological polar surface area (TPSA) is 60.6 Å². The molecular formula is C16H21N3O2. The highest BCUT2D eigenvalue weighted by Crippen LogP contribution is 2.34. The van der Waals surface area contributed by atoms with Gasteiger partial charge in [-0.1, -0.05) is 0 Å². The molecule has 21 heavy (non-hydrogen) atoms. The van der Waals surface area contributed by atoms with E-state index in [9.17, 15) is 0 Å². The SMILES string of the molecule is CC(C)Oc1cccnc1Oc1cc(N(C)C)ccc1N. The number of pyridine rings is 1. The fraction of sp³-hybridized carbons (Fsp3) is 0.312. The third-order valence-electron chi connectivity index (χ3n) is 2.82. The second kappa shape index (κ2) is 6.35. The monoisotopic (exact) mass is 287 g/mol. The van der Waals surface area contributed by atoms with Gasteiger partial charge < -0.3 is 20.1 Å². The van der Waals surface area contributed by atoms with Crippen LogP contribution < -0.4 is 20.1 Å². The summed E-state index contributed by atoms with van der Waals surface area (Å²) in [6.07, 6.45) is 1.70. The Morgan fingerprint density at radius 3 is 2.57 bits per heavy atom. The minimum Gasteiger partial charge on any atom is -0.485 e. The van der Waals surface area contributed by atoms with E-state index >= 15 is 0 Å². The van der Waals surface area contributed by atoms with Gasteiger partial charge in [-0.15, -0.1) is 0 Å². The van der Waals surface area contributed by atoms with Gasteiger partial charge in [0, 0.05) is 32.0 Å². The van der Waals surface area contributed by atoms with Crippen molar-refractivity contribution in [3.8, 4) is 17.4 Å². The predicted octanol–water partition coefficient (Wildman–Crippen LogP) is 3.31. The van der Waals surface area contributed by atoms with E-state index in [0.717, 1.165) is 5.69 Å². The van der Waals surface area contributed by atoms with Crippen LogP contribution in [0, 0.1) is 0 Å². The van der Waals surface area contributed by atoms with Gasteiger partial charge in [0.2, 0.25) is 0 Å². The van der Waals surface area contributed by atoms with Crippen molar-refractivity contribution >= 4 is 11.4 Å². The van der Waals surface area contributed by atoms with Crippen molar-refractivity contribution in [1.82, 2.24) is 4.98 Å². The summed E-state index contributed by atoms with van der Waals surface area (Å²) in [6.45, 7) is 3.91. The number of nitrogens with two attached hydrogens (primary N) is 1. The van der Waals surface area contributed by atoms with Crippen molar-refractivity contribution in [2.24, 2.45) is 0 Å². The zero-order valence-corrected chi connectivity index (χ0v) is 12.8. The van der Waals surface area contributed by atoms with Crippen LogP contribution in [0.25, 0.3) is 0 Å². The first-order valence-electron chi connectivity index (χ1n) is 6.83. The summed E-state index contributed by atoms with van der Waals surface area (Å²) in [6, 6.07) is 9.27. The summed E-state index contributed by atoms with van der Waals surface area (Å²) in [5, 5.41) is 0. The van der Waals surface area contributed by atoms with Crippen LogP contribution in [0.15, 0.2) is 36.5 Å². The number of nitrogens with zero attached hydrogens (tertiary/aromatic N) is 2. The van der Waals surface area contributed by atoms with Gasteiger partial charge in [-0.2, -0.15) is 0 Å². The lowest BCUT2D eigenvalue weighted by Gasteiger charge is -2.17. The van der Waals surface area contributed by atoms with Crippen LogP contribution in [0.3, 0.4) is 0 Å². The third-order valence-corrected chi connectivity index (χ3v) is 2.82. The van der Waals surface area contributed by atoms with Crippen LogP contribution >= 0.6 is 0 Å². The highest BCUT2D eigenvalue weighted by molar-refractivity contribution is 5.63. The number of anilines is 2. The fourth-order valence-electron chi connectivity index (χ4n) is 1.79. The van der Waals surface area contributed by atoms with Crippen molar-refractivity contribution in [2.45, 2.75) is 20.0 Å². The zero-order valence-electron chi connectivity index (χ0n) is 12.8. The molecule has 0 unspecified atom stereocenters. The van der Waals surface area contributed by atoms with E-state index in [1.54, 1.807) is 6.20 Å². The van der Waals surface area contributed by atoms with Crippen molar-refractivity contribution in [3.63, 3.8) is 0 Å². The van der Waals surface area contributed by atoms with Gasteiger partial charge >= 0.3 is 0 Å². The number of rotatable bonds is 5. The van der Waals surface area contributed by atoms with Crippen LogP contribution in [0.1, 0.15) is 13.8 Å². The molecular weight excluding hydrogens is 266 g/mol. The van der Waals surface area contributed by atoms with E-state index in [2.05, 4.69) is 4.98 Å². The van der Waals surface area contributed by atoms with E-state index in [1.165, 1.54) is 0 Å². The predicted molar refractivity (Wildman–Crippen MR) is 85.3 cm³/mol. The van der Waals surface area contributed by atoms with E-state index in [1.807, 2.05) is 63.2 Å². The first-order valence-corrected chi connectivity index (χ1v) is 6.83. The number of ether oxygens (including phenoxy) is 2. The zero-order chi connectivity index (χ0) is 15.4. The van der Waals surface area contributed by atoms with E-state index in [0.29, 0.717) is 23.1 Å². The molecule has 2 N–H and O–H groups in total. The molecule has 0 spiro atoms. The first kappa shape index (κ1) is 15.0. The Hall–Kier alpha value is -2.43. The molecule has 0 fully saturated rings. The molecule has 0 aliphatic carbocycles. The Bertz CT molecular complexity index is 612. The second-order valence-corrected chi connectivity index (χ2v) is 5.19. The van der Waals surface area contributed by atoms with Crippen molar-refractivity contribution in [1.29, 1.82) is 0 Å². The van der Waals surface area contributed by atoms with Crippen molar-refractivity contribution in [2.75, 3.05) is 24.7 Å². The molecule has 2 rings (SSSR count). The Labute approximate surface area is 125 Å². The van der Waals surface area contributed by atoms with Crippen LogP contribution in [-0.4, -0.2) is 25.2 Å². The molecule has 5 heteroatoms. The number of aromatic nitrogens is 1. The van der Waals surface area contributed by atoms with Gasteiger partial charge in [0.05, 0.1) is 11.8 Å². The number of nitrogen functional groups attached to an aromatic ring is 1. The summed E-state index contributed by atoms with van der Waals surface area (Å²) >= 11 is 0. The fourth-order valence-corrected chi connectivity index (χ4v) is 1.79. The van der Waals surface area contributed by atoms with E-state index in [4.69, 9.17) is 15.2 Å². The van der Waals surface area contributed by atoms with Crippen LogP contribution in [-0.2, 0) is 0 Å². The maximum absolute atomic E-state index is 5.98. The summed E-state index contributed by atoms with van der Waals surface area (Å²) < 4.78 is 11.5. The summed E-state index contributed by atoms with van der Waals surface area (Å²) in [5.74, 6) is 1.57. The highest BCUT2D eigenvalue weighted by Gasteiger charge is 2.11. The van der Waals surface area contributed by atoms with Crippen LogP contribution in [0.2, 0.25) is 0 Å². The van der Waals surface area contributed by atoms with Crippen LogP contribution in [0.4, 0.5) is 11.4 Å². The molecule has 0 saturated carbocycles. The molecule has 112 valence electrons. The van der Waals surface area contributed by atoms with Gasteiger partial charge in [-0.05, 0) is 38.1 Å². The van der Waals surface area contributed by atoms with Crippen molar-refractivity contribution in [3.05, 3.63) is 36.5 Å². The average Bonchev–Trinajstić information content (AvgIpc) is 2.42. The Morgan fingerprint density at radius 1 is 1.14 bits per heavy atom. The molecule has 0 atom stereocenters. The largest absolute Gasteiger partial charge is 0.485 e. The molecule has 1 aromatic carbocycles. The minimum atomic E-state index is 0.0435. The number of hydrogen-bond donors (Lipinski definition) is 1. The molecule has 0 amide bonds. The summed E-state index contributed by atoms with van der Waals surface area (Å²) in [4.78, 5) is 6.21. The molecule has 0 aliphatic rings. The Morgan fingerprint density at radius 2 is 1.90 bits per heavy atom. The number of hydrogen-bond acceptors (Lipinski definition) is 5. The molecule has 0 saturated heterocycles. The van der Waals surface area contributed by atoms with E-state index < -0.39 is 0 Å². The molecule has 0 bridgehead atoms. The van der Waals surface area contributed by atoms with Gasteiger partial charge in [0.1, 0.15) is 0 Å². The molecule has 1 aromatic heterocycles. The maximum Gasteiger partial charge on any atom is 0.262 e. The molecule has 0 radical (unpaired) electrons. The first-order chi connectivity index (χ1) is 9.97. The Kier molecular flexibility index (Phi) is 4.52. The molecule has 1 heterocycles. The lowest BCUT2D eigenvalue weighted by Crippen LogP contribution is -2.09. The highest BCUT2D eigenvalue weighted by atomic mass is 16.5. The van der Waals surface area contributed by atoms with Gasteiger partial charge in [0.25, 0.3) is 5.88 Å². The van der Waals surface area contributed by atoms with Gasteiger partial charge in [-0.3, -0.25) is 0 Å². The lowest BCUT2D eigenvalue weighted by molar-refractivity contribution is 0.231. The van der Waals surface area contributed by atoms with Gasteiger partial charge in [-0.25, -0.2) is 4.98 Å². The lowest BCUT2D eigenvalue weighted by atomic mass is 10.2. The van der Waals surface area contributed by atoms with E-state index in [-0.39, 0.29) is 6.10 Å². The summed E-state index contributed by atoms with van der Waals surface area (Å²) in [7, 11) is 3.92. The van der Waals surface area contributed by atoms with Gasteiger partial charge in [0.15, 0.2) is 11.5 Å². The molecule has 0 aliphatic heterocycles. The molecule has 2 aromatic rings. The van der Waals surface area contributed by atoms with Crippen LogP contribution in [0.5, 0.6) is 17.4 Å². The minimum absolute atomic E-state index is 0.0435. The third kappa shape index (κ3) is 3.78. The average molecular weight is 287 g/mol. The molecule has 5 nitrogen and oxygen atoms in total. The number of benzene rings is 1. The smallest absolute Gasteiger partial charge is 0.262 e. The van der Waals surface area contributed by atoms with Crippen molar-refractivity contribution < 1.29 is 9.47 Å². The normalized spacial score (nSPS) is 10.5. The maximum atomic E-state index is 5.98. The standard InChI is InChI=1S/C16H21N3O2/c1-11(2)20-14-6-5-9-18-16(14)21-15-10-12(19(3)4)7-8-13(15)17/h5-11H,17H2,1-4H3. The second-order valence-electron chi connectivity index (χ2n) is 5.19. The Balaban J connectivity index is 2.32.